The number of terminal acetylenes is 1. The highest BCUT2D eigenvalue weighted by atomic mass is 19.1. The fourth-order valence-corrected chi connectivity index (χ4v) is 1.76. The van der Waals surface area contributed by atoms with Crippen molar-refractivity contribution in [2.45, 2.75) is 19.4 Å². The van der Waals surface area contributed by atoms with E-state index in [2.05, 4.69) is 10.9 Å². The van der Waals surface area contributed by atoms with Gasteiger partial charge in [-0.15, -0.1) is 6.42 Å². The monoisotopic (exact) mass is 234 g/mol. The number of aliphatic hydroxyl groups excluding tert-OH is 1. The van der Waals surface area contributed by atoms with Crippen molar-refractivity contribution < 1.29 is 9.50 Å². The average molecular weight is 234 g/mol. The van der Waals surface area contributed by atoms with Crippen molar-refractivity contribution in [1.29, 1.82) is 0 Å². The lowest BCUT2D eigenvalue weighted by atomic mass is 10.2. The van der Waals surface area contributed by atoms with E-state index in [1.54, 1.807) is 4.90 Å². The van der Waals surface area contributed by atoms with E-state index in [1.165, 1.54) is 25.1 Å². The van der Waals surface area contributed by atoms with E-state index in [9.17, 15) is 4.39 Å². The van der Waals surface area contributed by atoms with Gasteiger partial charge >= 0.3 is 0 Å². The summed E-state index contributed by atoms with van der Waals surface area (Å²) in [6, 6.07) is 1.48. The van der Waals surface area contributed by atoms with E-state index in [0.29, 0.717) is 12.5 Å². The maximum absolute atomic E-state index is 14.0. The van der Waals surface area contributed by atoms with E-state index in [4.69, 9.17) is 11.5 Å². The number of rotatable bonds is 5. The molecule has 0 bridgehead atoms. The summed E-state index contributed by atoms with van der Waals surface area (Å²) in [5.41, 5.74) is 0.257. The summed E-state index contributed by atoms with van der Waals surface area (Å²) in [7, 11) is 0. The summed E-state index contributed by atoms with van der Waals surface area (Å²) in [5.74, 6) is 2.90. The second-order valence-electron chi connectivity index (χ2n) is 4.29. The molecule has 0 saturated heterocycles. The zero-order valence-corrected chi connectivity index (χ0v) is 9.56. The van der Waals surface area contributed by atoms with Gasteiger partial charge in [0.1, 0.15) is 0 Å². The van der Waals surface area contributed by atoms with Crippen LogP contribution in [0.4, 0.5) is 10.2 Å². The zero-order valence-electron chi connectivity index (χ0n) is 9.56. The summed E-state index contributed by atoms with van der Waals surface area (Å²) in [6.07, 6.45) is 9.13. The van der Waals surface area contributed by atoms with E-state index in [0.717, 1.165) is 6.54 Å². The van der Waals surface area contributed by atoms with Gasteiger partial charge in [-0.25, -0.2) is 9.37 Å². The highest BCUT2D eigenvalue weighted by Gasteiger charge is 2.26. The molecule has 1 aromatic rings. The van der Waals surface area contributed by atoms with Crippen LogP contribution in [0, 0.1) is 24.1 Å². The van der Waals surface area contributed by atoms with Crippen LogP contribution < -0.4 is 4.90 Å². The van der Waals surface area contributed by atoms with Crippen LogP contribution in [-0.4, -0.2) is 23.2 Å². The summed E-state index contributed by atoms with van der Waals surface area (Å²) in [4.78, 5) is 5.80. The van der Waals surface area contributed by atoms with Gasteiger partial charge in [0.2, 0.25) is 0 Å². The molecule has 1 aliphatic rings. The van der Waals surface area contributed by atoms with Crippen LogP contribution in [0.5, 0.6) is 0 Å². The van der Waals surface area contributed by atoms with Crippen LogP contribution in [0.1, 0.15) is 18.4 Å². The quantitative estimate of drug-likeness (QED) is 0.785. The predicted molar refractivity (Wildman–Crippen MR) is 63.9 cm³/mol. The molecule has 3 nitrogen and oxygen atoms in total. The SMILES string of the molecule is C#CCN(CC1CC1)c1nccc(CO)c1F. The zero-order chi connectivity index (χ0) is 12.3. The summed E-state index contributed by atoms with van der Waals surface area (Å²) < 4.78 is 14.0. The maximum Gasteiger partial charge on any atom is 0.171 e. The molecule has 0 spiro atoms. The van der Waals surface area contributed by atoms with Crippen molar-refractivity contribution in [3.8, 4) is 12.3 Å². The molecule has 0 aromatic carbocycles. The largest absolute Gasteiger partial charge is 0.392 e. The Morgan fingerprint density at radius 1 is 1.59 bits per heavy atom. The number of aliphatic hydroxyl groups is 1. The molecular weight excluding hydrogens is 219 g/mol. The van der Waals surface area contributed by atoms with Crippen molar-refractivity contribution >= 4 is 5.82 Å². The van der Waals surface area contributed by atoms with Gasteiger partial charge < -0.3 is 10.0 Å². The van der Waals surface area contributed by atoms with E-state index in [-0.39, 0.29) is 18.0 Å². The van der Waals surface area contributed by atoms with Gasteiger partial charge in [-0.2, -0.15) is 0 Å². The molecule has 1 heterocycles. The Balaban J connectivity index is 2.24. The van der Waals surface area contributed by atoms with Gasteiger partial charge in [0.15, 0.2) is 11.6 Å². The highest BCUT2D eigenvalue weighted by molar-refractivity contribution is 5.44. The van der Waals surface area contributed by atoms with Crippen molar-refractivity contribution in [2.75, 3.05) is 18.0 Å². The van der Waals surface area contributed by atoms with Crippen LogP contribution in [0.2, 0.25) is 0 Å². The second-order valence-corrected chi connectivity index (χ2v) is 4.29. The van der Waals surface area contributed by atoms with Gasteiger partial charge in [-0.05, 0) is 24.8 Å². The molecule has 0 radical (unpaired) electrons. The number of anilines is 1. The minimum atomic E-state index is -0.467. The Morgan fingerprint density at radius 2 is 2.35 bits per heavy atom. The third-order valence-corrected chi connectivity index (χ3v) is 2.88. The van der Waals surface area contributed by atoms with Crippen LogP contribution in [-0.2, 0) is 6.61 Å². The summed E-state index contributed by atoms with van der Waals surface area (Å²) >= 11 is 0. The van der Waals surface area contributed by atoms with Gasteiger partial charge in [-0.3, -0.25) is 0 Å². The third kappa shape index (κ3) is 2.75. The van der Waals surface area contributed by atoms with E-state index >= 15 is 0 Å². The predicted octanol–water partition coefficient (Wildman–Crippen LogP) is 1.56. The molecule has 1 aromatic heterocycles. The van der Waals surface area contributed by atoms with Crippen molar-refractivity contribution in [1.82, 2.24) is 4.98 Å². The molecule has 4 heteroatoms. The maximum atomic E-state index is 14.0. The molecule has 1 fully saturated rings. The Labute approximate surface area is 100 Å². The molecule has 0 atom stereocenters. The normalized spacial score (nSPS) is 14.4. The summed E-state index contributed by atoms with van der Waals surface area (Å²) in [6.45, 7) is 0.757. The molecule has 0 aliphatic heterocycles. The number of halogens is 1. The first-order chi connectivity index (χ1) is 8.26. The smallest absolute Gasteiger partial charge is 0.171 e. The van der Waals surface area contributed by atoms with Crippen molar-refractivity contribution in [3.63, 3.8) is 0 Å². The van der Waals surface area contributed by atoms with Gasteiger partial charge in [-0.1, -0.05) is 5.92 Å². The minimum absolute atomic E-state index is 0.251. The van der Waals surface area contributed by atoms with Crippen molar-refractivity contribution in [2.24, 2.45) is 5.92 Å². The third-order valence-electron chi connectivity index (χ3n) is 2.88. The number of nitrogens with zero attached hydrogens (tertiary/aromatic N) is 2. The molecule has 17 heavy (non-hydrogen) atoms. The Kier molecular flexibility index (Phi) is 3.60. The molecule has 2 rings (SSSR count). The minimum Gasteiger partial charge on any atom is -0.392 e. The first kappa shape index (κ1) is 11.9. The van der Waals surface area contributed by atoms with Gasteiger partial charge in [0.25, 0.3) is 0 Å². The first-order valence-electron chi connectivity index (χ1n) is 5.69. The number of hydrogen-bond donors (Lipinski definition) is 1. The van der Waals surface area contributed by atoms with Gasteiger partial charge in [0, 0.05) is 18.3 Å². The fraction of sp³-hybridized carbons (Fsp3) is 0.462. The van der Waals surface area contributed by atoms with Gasteiger partial charge in [0.05, 0.1) is 13.2 Å². The number of pyridine rings is 1. The second kappa shape index (κ2) is 5.15. The lowest BCUT2D eigenvalue weighted by Crippen LogP contribution is -2.28. The number of hydrogen-bond acceptors (Lipinski definition) is 3. The highest BCUT2D eigenvalue weighted by Crippen LogP contribution is 2.31. The van der Waals surface area contributed by atoms with Crippen LogP contribution in [0.3, 0.4) is 0 Å². The van der Waals surface area contributed by atoms with Crippen molar-refractivity contribution in [3.05, 3.63) is 23.6 Å². The first-order valence-corrected chi connectivity index (χ1v) is 5.69. The van der Waals surface area contributed by atoms with Crippen LogP contribution >= 0.6 is 0 Å². The van der Waals surface area contributed by atoms with E-state index < -0.39 is 5.82 Å². The van der Waals surface area contributed by atoms with Crippen LogP contribution in [0.15, 0.2) is 12.3 Å². The molecule has 90 valence electrons. The fourth-order valence-electron chi connectivity index (χ4n) is 1.76. The molecule has 1 aliphatic carbocycles. The molecule has 1 saturated carbocycles. The number of aromatic nitrogens is 1. The Morgan fingerprint density at radius 3 is 2.94 bits per heavy atom. The van der Waals surface area contributed by atoms with Crippen LogP contribution in [0.25, 0.3) is 0 Å². The van der Waals surface area contributed by atoms with E-state index in [1.807, 2.05) is 0 Å². The lowest BCUT2D eigenvalue weighted by molar-refractivity contribution is 0.275. The molecule has 0 amide bonds. The Bertz CT molecular complexity index is 438. The molecule has 0 unspecified atom stereocenters. The molecule has 1 N–H and O–H groups in total. The lowest BCUT2D eigenvalue weighted by Gasteiger charge is -2.22. The standard InChI is InChI=1S/C13H15FN2O/c1-2-7-16(8-10-3-4-10)13-12(14)11(9-17)5-6-15-13/h1,5-6,10,17H,3-4,7-9H2. The summed E-state index contributed by atoms with van der Waals surface area (Å²) in [5, 5.41) is 9.02. The average Bonchev–Trinajstić information content (AvgIpc) is 3.13. The Hall–Kier alpha value is -1.60. The topological polar surface area (TPSA) is 36.4 Å². The molecular formula is C13H15FN2O.